The first kappa shape index (κ1) is 11.8. The molecule has 0 saturated carbocycles. The Morgan fingerprint density at radius 1 is 1.06 bits per heavy atom. The first-order chi connectivity index (χ1) is 8.24. The Morgan fingerprint density at radius 2 is 1.76 bits per heavy atom. The normalized spacial score (nSPS) is 10.5. The standard InChI is InChI=1S/C15H17NO/c1-3-12-4-6-13(7-5-12)15-9-8-14(10-17)11(2)16-15/h4-9,17H,3,10H2,1-2H3. The van der Waals surface area contributed by atoms with E-state index in [9.17, 15) is 0 Å². The lowest BCUT2D eigenvalue weighted by Crippen LogP contribution is -1.94. The summed E-state index contributed by atoms with van der Waals surface area (Å²) >= 11 is 0. The SMILES string of the molecule is CCc1ccc(-c2ccc(CO)c(C)n2)cc1. The molecule has 1 N–H and O–H groups in total. The van der Waals surface area contributed by atoms with Gasteiger partial charge >= 0.3 is 0 Å². The van der Waals surface area contributed by atoms with E-state index in [2.05, 4.69) is 36.2 Å². The van der Waals surface area contributed by atoms with Gasteiger partial charge in [0.05, 0.1) is 12.3 Å². The molecule has 1 aromatic heterocycles. The van der Waals surface area contributed by atoms with Crippen LogP contribution in [0.1, 0.15) is 23.7 Å². The molecule has 0 fully saturated rings. The van der Waals surface area contributed by atoms with Gasteiger partial charge in [0, 0.05) is 11.3 Å². The number of hydrogen-bond donors (Lipinski definition) is 1. The molecule has 0 saturated heterocycles. The minimum absolute atomic E-state index is 0.0495. The second-order valence-corrected chi connectivity index (χ2v) is 4.15. The molecule has 1 aromatic carbocycles. The van der Waals surface area contributed by atoms with Gasteiger partial charge in [-0.15, -0.1) is 0 Å². The zero-order valence-corrected chi connectivity index (χ0v) is 10.3. The van der Waals surface area contributed by atoms with Crippen molar-refractivity contribution in [2.45, 2.75) is 26.9 Å². The average molecular weight is 227 g/mol. The molecule has 0 amide bonds. The van der Waals surface area contributed by atoms with Crippen molar-refractivity contribution in [2.24, 2.45) is 0 Å². The van der Waals surface area contributed by atoms with Crippen LogP contribution >= 0.6 is 0 Å². The van der Waals surface area contributed by atoms with Gasteiger partial charge in [-0.2, -0.15) is 0 Å². The van der Waals surface area contributed by atoms with Crippen LogP contribution in [0.2, 0.25) is 0 Å². The number of pyridine rings is 1. The van der Waals surface area contributed by atoms with Crippen molar-refractivity contribution in [1.82, 2.24) is 4.98 Å². The minimum Gasteiger partial charge on any atom is -0.392 e. The van der Waals surface area contributed by atoms with E-state index in [1.165, 1.54) is 5.56 Å². The molecule has 2 rings (SSSR count). The van der Waals surface area contributed by atoms with Gasteiger partial charge in [-0.1, -0.05) is 37.3 Å². The quantitative estimate of drug-likeness (QED) is 0.874. The van der Waals surface area contributed by atoms with Crippen molar-refractivity contribution >= 4 is 0 Å². The number of aliphatic hydroxyl groups is 1. The van der Waals surface area contributed by atoms with Gasteiger partial charge in [-0.3, -0.25) is 4.98 Å². The Bertz CT molecular complexity index is 503. The maximum absolute atomic E-state index is 9.11. The van der Waals surface area contributed by atoms with E-state index in [0.717, 1.165) is 28.9 Å². The van der Waals surface area contributed by atoms with Crippen molar-refractivity contribution in [3.63, 3.8) is 0 Å². The molecule has 0 bridgehead atoms. The second-order valence-electron chi connectivity index (χ2n) is 4.15. The third-order valence-electron chi connectivity index (χ3n) is 3.02. The van der Waals surface area contributed by atoms with E-state index in [4.69, 9.17) is 5.11 Å². The van der Waals surface area contributed by atoms with Crippen LogP contribution in [0, 0.1) is 6.92 Å². The molecule has 2 aromatic rings. The summed E-state index contributed by atoms with van der Waals surface area (Å²) in [5.41, 5.74) is 5.19. The van der Waals surface area contributed by atoms with Gasteiger partial charge in [0.15, 0.2) is 0 Å². The van der Waals surface area contributed by atoms with Crippen LogP contribution in [0.4, 0.5) is 0 Å². The Kier molecular flexibility index (Phi) is 3.55. The molecule has 88 valence electrons. The average Bonchev–Trinajstić information content (AvgIpc) is 2.39. The molecular formula is C15H17NO. The minimum atomic E-state index is 0.0495. The Hall–Kier alpha value is -1.67. The molecule has 0 radical (unpaired) electrons. The highest BCUT2D eigenvalue weighted by Gasteiger charge is 2.03. The Labute approximate surface area is 102 Å². The van der Waals surface area contributed by atoms with Gasteiger partial charge in [-0.25, -0.2) is 0 Å². The fraction of sp³-hybridized carbons (Fsp3) is 0.267. The van der Waals surface area contributed by atoms with E-state index in [1.54, 1.807) is 0 Å². The van der Waals surface area contributed by atoms with Gasteiger partial charge < -0.3 is 5.11 Å². The molecule has 0 aliphatic heterocycles. The largest absolute Gasteiger partial charge is 0.392 e. The zero-order valence-electron chi connectivity index (χ0n) is 10.3. The van der Waals surface area contributed by atoms with Gasteiger partial charge in [0.2, 0.25) is 0 Å². The summed E-state index contributed by atoms with van der Waals surface area (Å²) in [7, 11) is 0. The van der Waals surface area contributed by atoms with Crippen molar-refractivity contribution < 1.29 is 5.11 Å². The predicted molar refractivity (Wildman–Crippen MR) is 69.7 cm³/mol. The van der Waals surface area contributed by atoms with Crippen molar-refractivity contribution in [3.8, 4) is 11.3 Å². The number of aryl methyl sites for hydroxylation is 2. The molecule has 0 unspecified atom stereocenters. The number of benzene rings is 1. The van der Waals surface area contributed by atoms with Crippen LogP contribution in [0.5, 0.6) is 0 Å². The molecule has 2 nitrogen and oxygen atoms in total. The van der Waals surface area contributed by atoms with Crippen molar-refractivity contribution in [2.75, 3.05) is 0 Å². The lowest BCUT2D eigenvalue weighted by atomic mass is 10.1. The molecule has 0 atom stereocenters. The molecule has 0 aliphatic rings. The number of rotatable bonds is 3. The lowest BCUT2D eigenvalue weighted by Gasteiger charge is -2.06. The summed E-state index contributed by atoms with van der Waals surface area (Å²) in [4.78, 5) is 4.51. The first-order valence-corrected chi connectivity index (χ1v) is 5.91. The number of hydrogen-bond acceptors (Lipinski definition) is 2. The highest BCUT2D eigenvalue weighted by atomic mass is 16.3. The second kappa shape index (κ2) is 5.11. The topological polar surface area (TPSA) is 33.1 Å². The highest BCUT2D eigenvalue weighted by Crippen LogP contribution is 2.19. The highest BCUT2D eigenvalue weighted by molar-refractivity contribution is 5.60. The number of aliphatic hydroxyl groups excluding tert-OH is 1. The Balaban J connectivity index is 2.35. The lowest BCUT2D eigenvalue weighted by molar-refractivity contribution is 0.280. The summed E-state index contributed by atoms with van der Waals surface area (Å²) < 4.78 is 0. The van der Waals surface area contributed by atoms with Gasteiger partial charge in [0.1, 0.15) is 0 Å². The van der Waals surface area contributed by atoms with Crippen LogP contribution in [0.15, 0.2) is 36.4 Å². The van der Waals surface area contributed by atoms with E-state index in [-0.39, 0.29) is 6.61 Å². The van der Waals surface area contributed by atoms with Crippen LogP contribution in [-0.2, 0) is 13.0 Å². The van der Waals surface area contributed by atoms with Crippen LogP contribution < -0.4 is 0 Å². The number of nitrogens with zero attached hydrogens (tertiary/aromatic N) is 1. The fourth-order valence-electron chi connectivity index (χ4n) is 1.83. The summed E-state index contributed by atoms with van der Waals surface area (Å²) in [5.74, 6) is 0. The monoisotopic (exact) mass is 227 g/mol. The first-order valence-electron chi connectivity index (χ1n) is 5.91. The maximum atomic E-state index is 9.11. The van der Waals surface area contributed by atoms with Crippen LogP contribution in [0.25, 0.3) is 11.3 Å². The molecule has 0 spiro atoms. The summed E-state index contributed by atoms with van der Waals surface area (Å²) in [6, 6.07) is 12.3. The third-order valence-corrected chi connectivity index (χ3v) is 3.02. The molecule has 17 heavy (non-hydrogen) atoms. The maximum Gasteiger partial charge on any atom is 0.0705 e. The van der Waals surface area contributed by atoms with Gasteiger partial charge in [-0.05, 0) is 30.5 Å². The van der Waals surface area contributed by atoms with E-state index >= 15 is 0 Å². The molecule has 1 heterocycles. The van der Waals surface area contributed by atoms with Crippen molar-refractivity contribution in [3.05, 3.63) is 53.2 Å². The Morgan fingerprint density at radius 3 is 2.29 bits per heavy atom. The molecule has 0 aliphatic carbocycles. The third kappa shape index (κ3) is 2.53. The number of aromatic nitrogens is 1. The van der Waals surface area contributed by atoms with E-state index in [1.807, 2.05) is 19.1 Å². The summed E-state index contributed by atoms with van der Waals surface area (Å²) in [6.45, 7) is 4.12. The van der Waals surface area contributed by atoms with Crippen LogP contribution in [-0.4, -0.2) is 10.1 Å². The molecular weight excluding hydrogens is 210 g/mol. The van der Waals surface area contributed by atoms with E-state index < -0.39 is 0 Å². The zero-order chi connectivity index (χ0) is 12.3. The predicted octanol–water partition coefficient (Wildman–Crippen LogP) is 3.11. The van der Waals surface area contributed by atoms with Crippen molar-refractivity contribution in [1.29, 1.82) is 0 Å². The van der Waals surface area contributed by atoms with Crippen LogP contribution in [0.3, 0.4) is 0 Å². The smallest absolute Gasteiger partial charge is 0.0705 e. The summed E-state index contributed by atoms with van der Waals surface area (Å²) in [6.07, 6.45) is 1.05. The summed E-state index contributed by atoms with van der Waals surface area (Å²) in [5, 5.41) is 9.11. The van der Waals surface area contributed by atoms with E-state index in [0.29, 0.717) is 0 Å². The molecule has 2 heteroatoms. The van der Waals surface area contributed by atoms with Gasteiger partial charge in [0.25, 0.3) is 0 Å². The fourth-order valence-corrected chi connectivity index (χ4v) is 1.83.